The van der Waals surface area contributed by atoms with Crippen molar-refractivity contribution in [2.75, 3.05) is 13.6 Å². The topological polar surface area (TPSA) is 12.0 Å². The molecule has 1 N–H and O–H groups in total. The molecule has 0 radical (unpaired) electrons. The molecule has 0 aliphatic heterocycles. The van der Waals surface area contributed by atoms with Crippen LogP contribution in [0.2, 0.25) is 0 Å². The summed E-state index contributed by atoms with van der Waals surface area (Å²) in [6, 6.07) is 8.46. The van der Waals surface area contributed by atoms with Crippen LogP contribution in [-0.2, 0) is 0 Å². The number of allylic oxidation sites excluding steroid dienone is 1. The van der Waals surface area contributed by atoms with E-state index in [0.717, 1.165) is 13.0 Å². The number of benzene rings is 1. The molecule has 1 heteroatoms. The summed E-state index contributed by atoms with van der Waals surface area (Å²) in [5, 5.41) is 3.14. The molecule has 0 aliphatic rings. The molecular weight excluding hydrogens is 170 g/mol. The van der Waals surface area contributed by atoms with Crippen LogP contribution in [0.1, 0.15) is 24.0 Å². The van der Waals surface area contributed by atoms with Crippen LogP contribution in [0.5, 0.6) is 0 Å². The number of rotatable bonds is 5. The molecule has 0 atom stereocenters. The van der Waals surface area contributed by atoms with Crippen molar-refractivity contribution in [1.29, 1.82) is 0 Å². The minimum Gasteiger partial charge on any atom is -0.320 e. The summed E-state index contributed by atoms with van der Waals surface area (Å²) >= 11 is 0. The number of nitrogens with one attached hydrogen (secondary N) is 1. The van der Waals surface area contributed by atoms with Crippen molar-refractivity contribution < 1.29 is 0 Å². The first-order valence-corrected chi connectivity index (χ1v) is 5.21. The molecule has 0 spiro atoms. The molecule has 0 amide bonds. The van der Waals surface area contributed by atoms with E-state index in [1.165, 1.54) is 17.5 Å². The van der Waals surface area contributed by atoms with Crippen molar-refractivity contribution in [3.8, 4) is 0 Å². The Hall–Kier alpha value is -1.08. The maximum absolute atomic E-state index is 3.14. The summed E-state index contributed by atoms with van der Waals surface area (Å²) in [5.74, 6) is 0. The van der Waals surface area contributed by atoms with E-state index in [2.05, 4.69) is 48.7 Å². The van der Waals surface area contributed by atoms with Gasteiger partial charge in [0.1, 0.15) is 0 Å². The second-order valence-corrected chi connectivity index (χ2v) is 3.50. The highest BCUT2D eigenvalue weighted by atomic mass is 14.8. The molecule has 1 aromatic rings. The van der Waals surface area contributed by atoms with Crippen molar-refractivity contribution >= 4 is 6.08 Å². The smallest absolute Gasteiger partial charge is 0.00490 e. The predicted octanol–water partition coefficient (Wildman–Crippen LogP) is 3.01. The Morgan fingerprint density at radius 1 is 1.29 bits per heavy atom. The predicted molar refractivity (Wildman–Crippen MR) is 63.4 cm³/mol. The van der Waals surface area contributed by atoms with Crippen LogP contribution in [0.4, 0.5) is 0 Å². The zero-order chi connectivity index (χ0) is 10.2. The summed E-state index contributed by atoms with van der Waals surface area (Å²) in [4.78, 5) is 0. The van der Waals surface area contributed by atoms with Gasteiger partial charge in [0.2, 0.25) is 0 Å². The maximum Gasteiger partial charge on any atom is -0.00490 e. The van der Waals surface area contributed by atoms with Crippen LogP contribution in [0.3, 0.4) is 0 Å². The normalized spacial score (nSPS) is 11.0. The van der Waals surface area contributed by atoms with Gasteiger partial charge >= 0.3 is 0 Å². The van der Waals surface area contributed by atoms with E-state index in [-0.39, 0.29) is 0 Å². The Morgan fingerprint density at radius 2 is 2.07 bits per heavy atom. The van der Waals surface area contributed by atoms with Gasteiger partial charge in [-0.2, -0.15) is 0 Å². The van der Waals surface area contributed by atoms with E-state index < -0.39 is 0 Å². The van der Waals surface area contributed by atoms with Gasteiger partial charge in [-0.15, -0.1) is 0 Å². The van der Waals surface area contributed by atoms with Crippen LogP contribution in [-0.4, -0.2) is 13.6 Å². The second kappa shape index (κ2) is 6.39. The minimum absolute atomic E-state index is 1.10. The highest BCUT2D eigenvalue weighted by Gasteiger charge is 1.89. The Labute approximate surface area is 86.8 Å². The molecule has 0 saturated heterocycles. The molecule has 76 valence electrons. The van der Waals surface area contributed by atoms with Crippen molar-refractivity contribution in [2.45, 2.75) is 19.8 Å². The molecule has 0 bridgehead atoms. The van der Waals surface area contributed by atoms with Crippen LogP contribution in [0.25, 0.3) is 6.08 Å². The fourth-order valence-electron chi connectivity index (χ4n) is 1.38. The van der Waals surface area contributed by atoms with Gasteiger partial charge in [-0.25, -0.2) is 0 Å². The van der Waals surface area contributed by atoms with Crippen LogP contribution in [0, 0.1) is 6.92 Å². The van der Waals surface area contributed by atoms with Crippen molar-refractivity contribution in [3.05, 3.63) is 41.5 Å². The second-order valence-electron chi connectivity index (χ2n) is 3.50. The van der Waals surface area contributed by atoms with E-state index in [4.69, 9.17) is 0 Å². The van der Waals surface area contributed by atoms with Gasteiger partial charge in [-0.3, -0.25) is 0 Å². The summed E-state index contributed by atoms with van der Waals surface area (Å²) < 4.78 is 0. The Balaban J connectivity index is 2.40. The molecule has 1 rings (SSSR count). The van der Waals surface area contributed by atoms with E-state index in [1.807, 2.05) is 7.05 Å². The first kappa shape index (κ1) is 11.0. The maximum atomic E-state index is 3.14. The molecular formula is C13H19N. The summed E-state index contributed by atoms with van der Waals surface area (Å²) in [7, 11) is 1.99. The average Bonchev–Trinajstić information content (AvgIpc) is 2.20. The van der Waals surface area contributed by atoms with Gasteiger partial charge in [0.15, 0.2) is 0 Å². The highest BCUT2D eigenvalue weighted by molar-refractivity contribution is 5.53. The highest BCUT2D eigenvalue weighted by Crippen LogP contribution is 2.09. The first-order chi connectivity index (χ1) is 6.84. The fourth-order valence-corrected chi connectivity index (χ4v) is 1.38. The lowest BCUT2D eigenvalue weighted by Gasteiger charge is -1.98. The molecule has 0 fully saturated rings. The standard InChI is InChI=1S/C13H19N/c1-12-8-5-6-10-13(12)9-4-3-7-11-14-2/h4-6,8-10,14H,3,7,11H2,1-2H3/b9-4-. The molecule has 0 aliphatic carbocycles. The summed E-state index contributed by atoms with van der Waals surface area (Å²) in [5.41, 5.74) is 2.68. The zero-order valence-corrected chi connectivity index (χ0v) is 9.09. The van der Waals surface area contributed by atoms with Gasteiger partial charge in [0.05, 0.1) is 0 Å². The lowest BCUT2D eigenvalue weighted by molar-refractivity contribution is 0.736. The van der Waals surface area contributed by atoms with Crippen LogP contribution < -0.4 is 5.32 Å². The zero-order valence-electron chi connectivity index (χ0n) is 9.09. The summed E-state index contributed by atoms with van der Waals surface area (Å²) in [6.07, 6.45) is 6.82. The number of hydrogen-bond donors (Lipinski definition) is 1. The van der Waals surface area contributed by atoms with E-state index in [0.29, 0.717) is 0 Å². The lowest BCUT2D eigenvalue weighted by atomic mass is 10.1. The number of unbranched alkanes of at least 4 members (excludes halogenated alkanes) is 1. The van der Waals surface area contributed by atoms with Gasteiger partial charge < -0.3 is 5.32 Å². The molecule has 0 saturated carbocycles. The van der Waals surface area contributed by atoms with Crippen molar-refractivity contribution in [2.24, 2.45) is 0 Å². The van der Waals surface area contributed by atoms with Crippen molar-refractivity contribution in [1.82, 2.24) is 5.32 Å². The quantitative estimate of drug-likeness (QED) is 0.702. The molecule has 0 unspecified atom stereocenters. The third-order valence-electron chi connectivity index (χ3n) is 2.28. The Kier molecular flexibility index (Phi) is 5.02. The van der Waals surface area contributed by atoms with Gasteiger partial charge in [0.25, 0.3) is 0 Å². The molecule has 0 heterocycles. The van der Waals surface area contributed by atoms with E-state index in [1.54, 1.807) is 0 Å². The van der Waals surface area contributed by atoms with E-state index in [9.17, 15) is 0 Å². The SMILES string of the molecule is CNCCC/C=C\c1ccccc1C. The monoisotopic (exact) mass is 189 g/mol. The largest absolute Gasteiger partial charge is 0.320 e. The number of hydrogen-bond acceptors (Lipinski definition) is 1. The molecule has 0 aromatic heterocycles. The fraction of sp³-hybridized carbons (Fsp3) is 0.385. The summed E-state index contributed by atoms with van der Waals surface area (Å²) in [6.45, 7) is 3.24. The Bertz CT molecular complexity index is 289. The average molecular weight is 189 g/mol. The first-order valence-electron chi connectivity index (χ1n) is 5.21. The van der Waals surface area contributed by atoms with Gasteiger partial charge in [-0.1, -0.05) is 36.4 Å². The third-order valence-corrected chi connectivity index (χ3v) is 2.28. The van der Waals surface area contributed by atoms with Gasteiger partial charge in [0, 0.05) is 0 Å². The number of aryl methyl sites for hydroxylation is 1. The van der Waals surface area contributed by atoms with Gasteiger partial charge in [-0.05, 0) is 44.5 Å². The van der Waals surface area contributed by atoms with Crippen LogP contribution >= 0.6 is 0 Å². The lowest BCUT2D eigenvalue weighted by Crippen LogP contribution is -2.06. The van der Waals surface area contributed by atoms with Crippen molar-refractivity contribution in [3.63, 3.8) is 0 Å². The Morgan fingerprint density at radius 3 is 2.79 bits per heavy atom. The van der Waals surface area contributed by atoms with E-state index >= 15 is 0 Å². The molecule has 1 nitrogen and oxygen atoms in total. The van der Waals surface area contributed by atoms with Crippen LogP contribution in [0.15, 0.2) is 30.3 Å². The molecule has 14 heavy (non-hydrogen) atoms. The third kappa shape index (κ3) is 3.75. The molecule has 1 aromatic carbocycles. The minimum atomic E-state index is 1.10.